The highest BCUT2D eigenvalue weighted by molar-refractivity contribution is 6.33. The molecule has 84 valence electrons. The van der Waals surface area contributed by atoms with E-state index >= 15 is 0 Å². The van der Waals surface area contributed by atoms with Gasteiger partial charge in [-0.3, -0.25) is 4.68 Å². The summed E-state index contributed by atoms with van der Waals surface area (Å²) in [5.74, 6) is 0. The third kappa shape index (κ3) is 2.39. The molecule has 0 atom stereocenters. The summed E-state index contributed by atoms with van der Waals surface area (Å²) in [6.45, 7) is 4.65. The quantitative estimate of drug-likeness (QED) is 0.796. The molecule has 2 nitrogen and oxygen atoms in total. The Kier molecular flexibility index (Phi) is 3.22. The van der Waals surface area contributed by atoms with Crippen LogP contribution in [0.1, 0.15) is 17.0 Å². The highest BCUT2D eigenvalue weighted by Gasteiger charge is 2.05. The van der Waals surface area contributed by atoms with Gasteiger partial charge >= 0.3 is 0 Å². The average Bonchev–Trinajstić information content (AvgIpc) is 2.51. The maximum absolute atomic E-state index is 6.11. The van der Waals surface area contributed by atoms with Gasteiger partial charge in [0.2, 0.25) is 0 Å². The van der Waals surface area contributed by atoms with Gasteiger partial charge in [0, 0.05) is 15.7 Å². The molecule has 0 radical (unpaired) electrons. The highest BCUT2D eigenvalue weighted by atomic mass is 35.5. The summed E-state index contributed by atoms with van der Waals surface area (Å²) < 4.78 is 1.92. The second kappa shape index (κ2) is 4.48. The maximum atomic E-state index is 6.11. The van der Waals surface area contributed by atoms with E-state index in [0.29, 0.717) is 11.6 Å². The standard InChI is InChI=1S/C12H12Cl2N2/c1-8-5-9(2)16(15-8)7-10-6-11(13)3-4-12(10)14/h3-6H,7H2,1-2H3. The molecule has 0 N–H and O–H groups in total. The van der Waals surface area contributed by atoms with Gasteiger partial charge in [-0.05, 0) is 43.7 Å². The van der Waals surface area contributed by atoms with Crippen molar-refractivity contribution in [2.24, 2.45) is 0 Å². The lowest BCUT2D eigenvalue weighted by atomic mass is 10.2. The van der Waals surface area contributed by atoms with E-state index in [1.54, 1.807) is 6.07 Å². The molecule has 0 fully saturated rings. The van der Waals surface area contributed by atoms with Crippen molar-refractivity contribution >= 4 is 23.2 Å². The SMILES string of the molecule is Cc1cc(C)n(Cc2cc(Cl)ccc2Cl)n1. The van der Waals surface area contributed by atoms with Gasteiger partial charge in [0.05, 0.1) is 12.2 Å². The first-order valence-electron chi connectivity index (χ1n) is 5.01. The first kappa shape index (κ1) is 11.5. The van der Waals surface area contributed by atoms with Crippen molar-refractivity contribution in [2.45, 2.75) is 20.4 Å². The predicted molar refractivity (Wildman–Crippen MR) is 67.3 cm³/mol. The van der Waals surface area contributed by atoms with Crippen molar-refractivity contribution in [3.05, 3.63) is 51.3 Å². The molecule has 0 aliphatic carbocycles. The normalized spacial score (nSPS) is 10.8. The molecule has 16 heavy (non-hydrogen) atoms. The Balaban J connectivity index is 2.33. The van der Waals surface area contributed by atoms with Crippen LogP contribution in [0.4, 0.5) is 0 Å². The second-order valence-electron chi connectivity index (χ2n) is 3.82. The van der Waals surface area contributed by atoms with Crippen molar-refractivity contribution in [2.75, 3.05) is 0 Å². The third-order valence-electron chi connectivity index (χ3n) is 2.43. The Morgan fingerprint density at radius 1 is 1.19 bits per heavy atom. The molecular weight excluding hydrogens is 243 g/mol. The summed E-state index contributed by atoms with van der Waals surface area (Å²) in [5, 5.41) is 5.81. The molecule has 0 spiro atoms. The Morgan fingerprint density at radius 2 is 1.94 bits per heavy atom. The zero-order valence-electron chi connectivity index (χ0n) is 9.17. The maximum Gasteiger partial charge on any atom is 0.0677 e. The zero-order valence-corrected chi connectivity index (χ0v) is 10.7. The fourth-order valence-electron chi connectivity index (χ4n) is 1.66. The number of hydrogen-bond donors (Lipinski definition) is 0. The van der Waals surface area contributed by atoms with Gasteiger partial charge in [-0.25, -0.2) is 0 Å². The minimum atomic E-state index is 0.652. The van der Waals surface area contributed by atoms with E-state index in [4.69, 9.17) is 23.2 Å². The van der Waals surface area contributed by atoms with E-state index in [1.807, 2.05) is 36.7 Å². The molecule has 0 bridgehead atoms. The summed E-state index contributed by atoms with van der Waals surface area (Å²) in [7, 11) is 0. The number of rotatable bonds is 2. The van der Waals surface area contributed by atoms with E-state index in [9.17, 15) is 0 Å². The average molecular weight is 255 g/mol. The van der Waals surface area contributed by atoms with Crippen molar-refractivity contribution < 1.29 is 0 Å². The molecule has 2 aromatic rings. The molecule has 1 aromatic heterocycles. The summed E-state index contributed by atoms with van der Waals surface area (Å²) >= 11 is 12.0. The number of benzene rings is 1. The first-order chi connectivity index (χ1) is 7.56. The van der Waals surface area contributed by atoms with Crippen molar-refractivity contribution in [3.63, 3.8) is 0 Å². The predicted octanol–water partition coefficient (Wildman–Crippen LogP) is 3.86. The van der Waals surface area contributed by atoms with Crippen LogP contribution < -0.4 is 0 Å². The second-order valence-corrected chi connectivity index (χ2v) is 4.66. The fraction of sp³-hybridized carbons (Fsp3) is 0.250. The van der Waals surface area contributed by atoms with Crippen molar-refractivity contribution in [3.8, 4) is 0 Å². The molecule has 1 heterocycles. The van der Waals surface area contributed by atoms with Crippen molar-refractivity contribution in [1.29, 1.82) is 0 Å². The number of hydrogen-bond acceptors (Lipinski definition) is 1. The molecule has 0 aliphatic rings. The molecule has 2 rings (SSSR count). The van der Waals surface area contributed by atoms with Crippen LogP contribution in [0.3, 0.4) is 0 Å². The molecule has 4 heteroatoms. The summed E-state index contributed by atoms with van der Waals surface area (Å²) in [5.41, 5.74) is 3.12. The van der Waals surface area contributed by atoms with Gasteiger partial charge in [-0.1, -0.05) is 23.2 Å². The fourth-order valence-corrected chi connectivity index (χ4v) is 2.03. The minimum absolute atomic E-state index is 0.652. The van der Waals surface area contributed by atoms with Gasteiger partial charge in [0.15, 0.2) is 0 Å². The molecule has 0 amide bonds. The van der Waals surface area contributed by atoms with Crippen LogP contribution in [-0.4, -0.2) is 9.78 Å². The smallest absolute Gasteiger partial charge is 0.0677 e. The van der Waals surface area contributed by atoms with E-state index in [0.717, 1.165) is 22.0 Å². The lowest BCUT2D eigenvalue weighted by Gasteiger charge is -2.07. The molecular formula is C12H12Cl2N2. The number of halogens is 2. The first-order valence-corrected chi connectivity index (χ1v) is 5.77. The van der Waals surface area contributed by atoms with Crippen LogP contribution in [0.25, 0.3) is 0 Å². The third-order valence-corrected chi connectivity index (χ3v) is 3.04. The molecule has 0 aliphatic heterocycles. The van der Waals surface area contributed by atoms with Crippen LogP contribution in [-0.2, 0) is 6.54 Å². The number of nitrogens with zero attached hydrogens (tertiary/aromatic N) is 2. The Morgan fingerprint density at radius 3 is 2.56 bits per heavy atom. The topological polar surface area (TPSA) is 17.8 Å². The number of aryl methyl sites for hydroxylation is 2. The minimum Gasteiger partial charge on any atom is -0.265 e. The lowest BCUT2D eigenvalue weighted by molar-refractivity contribution is 0.659. The van der Waals surface area contributed by atoms with Crippen molar-refractivity contribution in [1.82, 2.24) is 9.78 Å². The Bertz CT molecular complexity index is 518. The van der Waals surface area contributed by atoms with Crippen LogP contribution >= 0.6 is 23.2 Å². The largest absolute Gasteiger partial charge is 0.265 e. The van der Waals surface area contributed by atoms with Gasteiger partial charge in [-0.2, -0.15) is 5.10 Å². The van der Waals surface area contributed by atoms with Crippen LogP contribution in [0.15, 0.2) is 24.3 Å². The van der Waals surface area contributed by atoms with Crippen LogP contribution in [0, 0.1) is 13.8 Å². The van der Waals surface area contributed by atoms with Gasteiger partial charge in [-0.15, -0.1) is 0 Å². The van der Waals surface area contributed by atoms with E-state index in [-0.39, 0.29) is 0 Å². The lowest BCUT2D eigenvalue weighted by Crippen LogP contribution is -2.04. The molecule has 0 unspecified atom stereocenters. The Labute approximate surface area is 105 Å². The molecule has 0 saturated carbocycles. The Hall–Kier alpha value is -0.990. The van der Waals surface area contributed by atoms with Gasteiger partial charge < -0.3 is 0 Å². The highest BCUT2D eigenvalue weighted by Crippen LogP contribution is 2.21. The summed E-state index contributed by atoms with van der Waals surface area (Å²) in [6.07, 6.45) is 0. The number of aromatic nitrogens is 2. The van der Waals surface area contributed by atoms with Crippen LogP contribution in [0.2, 0.25) is 10.0 Å². The zero-order chi connectivity index (χ0) is 11.7. The van der Waals surface area contributed by atoms with E-state index < -0.39 is 0 Å². The van der Waals surface area contributed by atoms with E-state index in [2.05, 4.69) is 5.10 Å². The van der Waals surface area contributed by atoms with Gasteiger partial charge in [0.1, 0.15) is 0 Å². The molecule has 0 saturated heterocycles. The van der Waals surface area contributed by atoms with E-state index in [1.165, 1.54) is 0 Å². The van der Waals surface area contributed by atoms with Gasteiger partial charge in [0.25, 0.3) is 0 Å². The van der Waals surface area contributed by atoms with Crippen LogP contribution in [0.5, 0.6) is 0 Å². The summed E-state index contributed by atoms with van der Waals surface area (Å²) in [6, 6.07) is 7.51. The monoisotopic (exact) mass is 254 g/mol. The summed E-state index contributed by atoms with van der Waals surface area (Å²) in [4.78, 5) is 0. The molecule has 1 aromatic carbocycles.